The van der Waals surface area contributed by atoms with Gasteiger partial charge < -0.3 is 14.8 Å². The predicted molar refractivity (Wildman–Crippen MR) is 61.8 cm³/mol. The molecule has 0 aliphatic carbocycles. The Hall–Kier alpha value is -1.59. The van der Waals surface area contributed by atoms with E-state index in [1.807, 2.05) is 0 Å². The Labute approximate surface area is 103 Å². The van der Waals surface area contributed by atoms with Crippen molar-refractivity contribution < 1.29 is 19.1 Å². The number of amides is 1. The Bertz CT molecular complexity index is 487. The third kappa shape index (κ3) is 2.25. The van der Waals surface area contributed by atoms with Crippen molar-refractivity contribution in [3.63, 3.8) is 0 Å². The van der Waals surface area contributed by atoms with Crippen molar-refractivity contribution in [1.29, 1.82) is 0 Å². The first-order valence-electron chi connectivity index (χ1n) is 4.94. The summed E-state index contributed by atoms with van der Waals surface area (Å²) in [6, 6.07) is 3.05. The van der Waals surface area contributed by atoms with E-state index in [9.17, 15) is 9.59 Å². The summed E-state index contributed by atoms with van der Waals surface area (Å²) in [6.45, 7) is 0.779. The topological polar surface area (TPSA) is 64.6 Å². The van der Waals surface area contributed by atoms with E-state index in [-0.39, 0.29) is 10.6 Å². The molecule has 0 spiro atoms. The number of carbonyl (C=O) groups excluding carboxylic acids is 2. The number of Topliss-reactive ketones (excluding diaryl/α,β-unsaturated/α-hetero) is 1. The largest absolute Gasteiger partial charge is 0.491 e. The van der Waals surface area contributed by atoms with Crippen LogP contribution in [0.4, 0.5) is 5.69 Å². The summed E-state index contributed by atoms with van der Waals surface area (Å²) in [5.41, 5.74) is 0.593. The lowest BCUT2D eigenvalue weighted by Gasteiger charge is -2.08. The number of hydrogen-bond donors (Lipinski definition) is 1. The fourth-order valence-corrected chi connectivity index (χ4v) is 1.76. The summed E-state index contributed by atoms with van der Waals surface area (Å²) < 4.78 is 10.2. The van der Waals surface area contributed by atoms with Crippen LogP contribution in [0.5, 0.6) is 5.75 Å². The number of ether oxygens (including phenoxy) is 2. The monoisotopic (exact) mass is 255 g/mol. The van der Waals surface area contributed by atoms with Crippen molar-refractivity contribution in [2.45, 2.75) is 0 Å². The van der Waals surface area contributed by atoms with Gasteiger partial charge in [-0.15, -0.1) is 0 Å². The number of carbonyl (C=O) groups is 2. The van der Waals surface area contributed by atoms with Gasteiger partial charge in [-0.05, 0) is 6.07 Å². The van der Waals surface area contributed by atoms with Crippen LogP contribution in [0.3, 0.4) is 0 Å². The number of hydrogen-bond acceptors (Lipinski definition) is 4. The van der Waals surface area contributed by atoms with E-state index in [0.29, 0.717) is 24.7 Å². The molecular weight excluding hydrogens is 246 g/mol. The quantitative estimate of drug-likeness (QED) is 0.654. The van der Waals surface area contributed by atoms with Gasteiger partial charge in [0.1, 0.15) is 12.4 Å². The molecule has 0 bridgehead atoms. The molecule has 5 nitrogen and oxygen atoms in total. The first kappa shape index (κ1) is 11.9. The van der Waals surface area contributed by atoms with Crippen LogP contribution in [-0.2, 0) is 9.53 Å². The van der Waals surface area contributed by atoms with Crippen LogP contribution in [-0.4, -0.2) is 32.0 Å². The highest BCUT2D eigenvalue weighted by Crippen LogP contribution is 2.35. The molecule has 6 heteroatoms. The zero-order valence-electron chi connectivity index (χ0n) is 9.08. The van der Waals surface area contributed by atoms with Crippen molar-refractivity contribution in [3.05, 3.63) is 22.7 Å². The highest BCUT2D eigenvalue weighted by atomic mass is 35.5. The molecule has 1 amide bonds. The average molecular weight is 256 g/mol. The van der Waals surface area contributed by atoms with Gasteiger partial charge in [-0.3, -0.25) is 9.59 Å². The summed E-state index contributed by atoms with van der Waals surface area (Å²) in [5, 5.41) is 2.70. The minimum Gasteiger partial charge on any atom is -0.491 e. The molecule has 1 aromatic carbocycles. The number of benzene rings is 1. The normalized spacial score (nSPS) is 13.5. The van der Waals surface area contributed by atoms with Gasteiger partial charge in [0.25, 0.3) is 11.7 Å². The van der Waals surface area contributed by atoms with E-state index in [1.165, 1.54) is 6.07 Å². The number of fused-ring (bicyclic) bond motifs is 1. The number of ketones is 1. The molecule has 1 N–H and O–H groups in total. The maximum Gasteiger partial charge on any atom is 0.296 e. The molecule has 1 heterocycles. The van der Waals surface area contributed by atoms with Gasteiger partial charge in [-0.2, -0.15) is 0 Å². The lowest BCUT2D eigenvalue weighted by molar-refractivity contribution is -0.112. The van der Waals surface area contributed by atoms with Gasteiger partial charge in [-0.1, -0.05) is 11.6 Å². The number of methoxy groups -OCH3 is 1. The van der Waals surface area contributed by atoms with Crippen LogP contribution in [0, 0.1) is 0 Å². The molecular formula is C11H10ClNO4. The minimum absolute atomic E-state index is 0.245. The van der Waals surface area contributed by atoms with Crippen LogP contribution >= 0.6 is 11.6 Å². The van der Waals surface area contributed by atoms with Gasteiger partial charge >= 0.3 is 0 Å². The smallest absolute Gasteiger partial charge is 0.296 e. The molecule has 0 atom stereocenters. The van der Waals surface area contributed by atoms with Crippen molar-refractivity contribution in [2.75, 3.05) is 25.6 Å². The van der Waals surface area contributed by atoms with Crippen molar-refractivity contribution >= 4 is 29.0 Å². The van der Waals surface area contributed by atoms with E-state index in [0.717, 1.165) is 0 Å². The Balaban J connectivity index is 2.25. The van der Waals surface area contributed by atoms with E-state index < -0.39 is 11.7 Å². The van der Waals surface area contributed by atoms with Gasteiger partial charge in [0, 0.05) is 13.2 Å². The maximum atomic E-state index is 11.5. The molecule has 1 aliphatic rings. The maximum absolute atomic E-state index is 11.5. The minimum atomic E-state index is -0.670. The summed E-state index contributed by atoms with van der Waals surface area (Å²) in [5.74, 6) is -0.828. The van der Waals surface area contributed by atoms with E-state index in [4.69, 9.17) is 21.1 Å². The highest BCUT2D eigenvalue weighted by molar-refractivity contribution is 6.53. The second kappa shape index (κ2) is 4.73. The predicted octanol–water partition coefficient (Wildman–Crippen LogP) is 1.50. The van der Waals surface area contributed by atoms with E-state index in [1.54, 1.807) is 13.2 Å². The summed E-state index contributed by atoms with van der Waals surface area (Å²) >= 11 is 5.94. The van der Waals surface area contributed by atoms with Crippen LogP contribution < -0.4 is 10.1 Å². The van der Waals surface area contributed by atoms with E-state index >= 15 is 0 Å². The molecule has 0 radical (unpaired) electrons. The SMILES string of the molecule is COCCOc1cc(Cl)c2c(c1)C(=O)C(=O)N2. The van der Waals surface area contributed by atoms with Crippen molar-refractivity contribution in [2.24, 2.45) is 0 Å². The summed E-state index contributed by atoms with van der Waals surface area (Å²) in [7, 11) is 1.56. The molecule has 17 heavy (non-hydrogen) atoms. The van der Waals surface area contributed by atoms with Gasteiger partial charge in [-0.25, -0.2) is 0 Å². The van der Waals surface area contributed by atoms with Gasteiger partial charge in [0.15, 0.2) is 0 Å². The molecule has 0 fully saturated rings. The first-order chi connectivity index (χ1) is 8.13. The average Bonchev–Trinajstić information content (AvgIpc) is 2.58. The second-order valence-corrected chi connectivity index (χ2v) is 3.86. The molecule has 0 saturated carbocycles. The molecule has 0 aromatic heterocycles. The van der Waals surface area contributed by atoms with Crippen LogP contribution in [0.2, 0.25) is 5.02 Å². The number of anilines is 1. The zero-order chi connectivity index (χ0) is 12.4. The number of nitrogens with one attached hydrogen (secondary N) is 1. The van der Waals surface area contributed by atoms with E-state index in [2.05, 4.69) is 5.32 Å². The zero-order valence-corrected chi connectivity index (χ0v) is 9.84. The lowest BCUT2D eigenvalue weighted by atomic mass is 10.1. The van der Waals surface area contributed by atoms with Gasteiger partial charge in [0.05, 0.1) is 22.9 Å². The first-order valence-corrected chi connectivity index (χ1v) is 5.32. The third-order valence-corrected chi connectivity index (χ3v) is 2.61. The Morgan fingerprint density at radius 3 is 2.76 bits per heavy atom. The Morgan fingerprint density at radius 2 is 2.06 bits per heavy atom. The van der Waals surface area contributed by atoms with Crippen molar-refractivity contribution in [1.82, 2.24) is 0 Å². The number of rotatable bonds is 4. The standard InChI is InChI=1S/C11H10ClNO4/c1-16-2-3-17-6-4-7-9(8(12)5-6)13-11(15)10(7)14/h4-5H,2-3H2,1H3,(H,13,14,15). The lowest BCUT2D eigenvalue weighted by Crippen LogP contribution is -2.12. The van der Waals surface area contributed by atoms with Crippen molar-refractivity contribution in [3.8, 4) is 5.75 Å². The molecule has 1 aromatic rings. The highest BCUT2D eigenvalue weighted by Gasteiger charge is 2.30. The number of halogens is 1. The fourth-order valence-electron chi connectivity index (χ4n) is 1.51. The second-order valence-electron chi connectivity index (χ2n) is 3.45. The third-order valence-electron chi connectivity index (χ3n) is 2.31. The summed E-state index contributed by atoms with van der Waals surface area (Å²) in [4.78, 5) is 22.7. The molecule has 90 valence electrons. The Kier molecular flexibility index (Phi) is 3.31. The molecule has 1 aliphatic heterocycles. The molecule has 0 saturated heterocycles. The van der Waals surface area contributed by atoms with Gasteiger partial charge in [0.2, 0.25) is 0 Å². The van der Waals surface area contributed by atoms with Crippen LogP contribution in [0.15, 0.2) is 12.1 Å². The fraction of sp³-hybridized carbons (Fsp3) is 0.273. The molecule has 2 rings (SSSR count). The van der Waals surface area contributed by atoms with Crippen LogP contribution in [0.25, 0.3) is 0 Å². The summed E-state index contributed by atoms with van der Waals surface area (Å²) in [6.07, 6.45) is 0. The molecule has 0 unspecified atom stereocenters. The Morgan fingerprint density at radius 1 is 1.29 bits per heavy atom. The van der Waals surface area contributed by atoms with Crippen LogP contribution in [0.1, 0.15) is 10.4 Å².